The molecule has 1 aliphatic carbocycles. The summed E-state index contributed by atoms with van der Waals surface area (Å²) < 4.78 is 8.33. The fourth-order valence-corrected chi connectivity index (χ4v) is 3.85. The van der Waals surface area contributed by atoms with Gasteiger partial charge in [0.1, 0.15) is 0 Å². The Morgan fingerprint density at radius 2 is 2.27 bits per heavy atom. The minimum atomic E-state index is -0.0639. The van der Waals surface area contributed by atoms with Crippen LogP contribution < -0.4 is 5.69 Å². The van der Waals surface area contributed by atoms with Crippen molar-refractivity contribution in [1.29, 1.82) is 0 Å². The van der Waals surface area contributed by atoms with E-state index in [2.05, 4.69) is 25.9 Å². The zero-order valence-corrected chi connectivity index (χ0v) is 13.8. The van der Waals surface area contributed by atoms with Crippen LogP contribution in [0.1, 0.15) is 25.3 Å². The molecule has 2 atom stereocenters. The first-order valence-corrected chi connectivity index (χ1v) is 8.18. The van der Waals surface area contributed by atoms with E-state index >= 15 is 0 Å². The van der Waals surface area contributed by atoms with Crippen molar-refractivity contribution in [2.24, 2.45) is 0 Å². The van der Waals surface area contributed by atoms with E-state index in [-0.39, 0.29) is 17.8 Å². The van der Waals surface area contributed by atoms with Crippen LogP contribution in [-0.4, -0.2) is 27.7 Å². The van der Waals surface area contributed by atoms with E-state index in [0.717, 1.165) is 45.7 Å². The van der Waals surface area contributed by atoms with Crippen molar-refractivity contribution in [2.45, 2.75) is 31.4 Å². The van der Waals surface area contributed by atoms with Gasteiger partial charge >= 0.3 is 5.69 Å². The van der Waals surface area contributed by atoms with Crippen LogP contribution in [0, 0.1) is 0 Å². The number of aromatic nitrogens is 3. The average Bonchev–Trinajstić information content (AvgIpc) is 3.10. The van der Waals surface area contributed by atoms with Gasteiger partial charge in [0.25, 0.3) is 0 Å². The molecular weight excluding hydrogens is 346 g/mol. The van der Waals surface area contributed by atoms with Crippen molar-refractivity contribution in [2.75, 3.05) is 7.11 Å². The number of halogens is 1. The quantitative estimate of drug-likeness (QED) is 0.760. The van der Waals surface area contributed by atoms with Crippen molar-refractivity contribution in [1.82, 2.24) is 14.5 Å². The summed E-state index contributed by atoms with van der Waals surface area (Å²) in [4.78, 5) is 19.8. The Kier molecular flexibility index (Phi) is 3.31. The summed E-state index contributed by atoms with van der Waals surface area (Å²) in [5.74, 6) is 0. The Hall–Kier alpha value is -1.66. The molecule has 0 bridgehead atoms. The molecule has 1 aliphatic rings. The standard InChI is InChI=1S/C16H16BrN3O2/c1-22-11-4-3-10(7-11)20-15-12-6-9(17)2-5-13(12)18-8-14(15)19-16(20)21/h2,5-6,8,10-11H,3-4,7H2,1H3,(H,19,21)/t10-,11-/m0/s1. The van der Waals surface area contributed by atoms with Gasteiger partial charge < -0.3 is 9.72 Å². The number of methoxy groups -OCH3 is 1. The number of hydrogen-bond acceptors (Lipinski definition) is 3. The lowest BCUT2D eigenvalue weighted by Crippen LogP contribution is -2.21. The molecule has 114 valence electrons. The topological polar surface area (TPSA) is 59.9 Å². The molecule has 0 radical (unpaired) electrons. The number of aromatic amines is 1. The Labute approximate surface area is 135 Å². The molecular formula is C16H16BrN3O2. The summed E-state index contributed by atoms with van der Waals surface area (Å²) >= 11 is 3.51. The molecule has 5 nitrogen and oxygen atoms in total. The molecule has 22 heavy (non-hydrogen) atoms. The van der Waals surface area contributed by atoms with Crippen LogP contribution in [0.5, 0.6) is 0 Å². The molecule has 2 aromatic heterocycles. The number of pyridine rings is 1. The fourth-order valence-electron chi connectivity index (χ4n) is 3.49. The van der Waals surface area contributed by atoms with Crippen LogP contribution >= 0.6 is 15.9 Å². The van der Waals surface area contributed by atoms with E-state index in [0.29, 0.717) is 0 Å². The molecule has 1 fully saturated rings. The molecule has 0 unspecified atom stereocenters. The number of imidazole rings is 1. The molecule has 3 aromatic rings. The third kappa shape index (κ3) is 2.09. The van der Waals surface area contributed by atoms with Crippen molar-refractivity contribution in [3.05, 3.63) is 39.4 Å². The maximum absolute atomic E-state index is 12.5. The molecule has 0 amide bonds. The zero-order chi connectivity index (χ0) is 15.3. The van der Waals surface area contributed by atoms with Gasteiger partial charge in [0.2, 0.25) is 0 Å². The second-order valence-corrected chi connectivity index (χ2v) is 6.72. The highest BCUT2D eigenvalue weighted by atomic mass is 79.9. The van der Waals surface area contributed by atoms with Crippen LogP contribution in [0.4, 0.5) is 0 Å². The van der Waals surface area contributed by atoms with Gasteiger partial charge in [0, 0.05) is 23.0 Å². The number of nitrogens with one attached hydrogen (secondary N) is 1. The summed E-state index contributed by atoms with van der Waals surface area (Å²) in [6.45, 7) is 0. The normalized spacial score (nSPS) is 21.9. The molecule has 1 saturated carbocycles. The van der Waals surface area contributed by atoms with E-state index in [1.807, 2.05) is 22.8 Å². The lowest BCUT2D eigenvalue weighted by atomic mass is 10.1. The van der Waals surface area contributed by atoms with Crippen molar-refractivity contribution in [3.8, 4) is 0 Å². The highest BCUT2D eigenvalue weighted by molar-refractivity contribution is 9.10. The summed E-state index contributed by atoms with van der Waals surface area (Å²) in [5.41, 5.74) is 2.56. The van der Waals surface area contributed by atoms with E-state index < -0.39 is 0 Å². The Balaban J connectivity index is 1.99. The lowest BCUT2D eigenvalue weighted by molar-refractivity contribution is 0.106. The van der Waals surface area contributed by atoms with E-state index in [9.17, 15) is 4.79 Å². The maximum atomic E-state index is 12.5. The number of benzene rings is 1. The predicted octanol–water partition coefficient (Wildman–Crippen LogP) is 3.38. The third-order valence-corrected chi connectivity index (χ3v) is 5.05. The monoisotopic (exact) mass is 361 g/mol. The number of H-pyrrole nitrogens is 1. The van der Waals surface area contributed by atoms with E-state index in [1.165, 1.54) is 0 Å². The van der Waals surface area contributed by atoms with E-state index in [1.54, 1.807) is 13.3 Å². The number of ether oxygens (including phenoxy) is 1. The van der Waals surface area contributed by atoms with Gasteiger partial charge in [-0.15, -0.1) is 0 Å². The van der Waals surface area contributed by atoms with Crippen LogP contribution in [0.2, 0.25) is 0 Å². The van der Waals surface area contributed by atoms with Crippen molar-refractivity contribution in [3.63, 3.8) is 0 Å². The van der Waals surface area contributed by atoms with Gasteiger partial charge in [-0.25, -0.2) is 4.79 Å². The molecule has 0 saturated heterocycles. The SMILES string of the molecule is CO[C@H]1CC[C@H](n2c(=O)[nH]c3cnc4ccc(Br)cc4c32)C1. The molecule has 0 spiro atoms. The van der Waals surface area contributed by atoms with E-state index in [4.69, 9.17) is 4.74 Å². The van der Waals surface area contributed by atoms with Crippen LogP contribution in [-0.2, 0) is 4.74 Å². The zero-order valence-electron chi connectivity index (χ0n) is 12.2. The smallest absolute Gasteiger partial charge is 0.326 e. The first kappa shape index (κ1) is 14.0. The van der Waals surface area contributed by atoms with Gasteiger partial charge in [-0.3, -0.25) is 9.55 Å². The minimum Gasteiger partial charge on any atom is -0.381 e. The minimum absolute atomic E-state index is 0.0639. The Morgan fingerprint density at radius 1 is 1.41 bits per heavy atom. The van der Waals surface area contributed by atoms with Gasteiger partial charge in [0.15, 0.2) is 0 Å². The summed E-state index contributed by atoms with van der Waals surface area (Å²) in [5, 5.41) is 0.992. The van der Waals surface area contributed by atoms with Gasteiger partial charge in [-0.1, -0.05) is 15.9 Å². The summed E-state index contributed by atoms with van der Waals surface area (Å²) in [6, 6.07) is 6.13. The Bertz CT molecular complexity index is 915. The summed E-state index contributed by atoms with van der Waals surface area (Å²) in [6.07, 6.45) is 4.81. The maximum Gasteiger partial charge on any atom is 0.326 e. The first-order chi connectivity index (χ1) is 10.7. The molecule has 6 heteroatoms. The van der Waals surface area contributed by atoms with Crippen LogP contribution in [0.15, 0.2) is 33.7 Å². The lowest BCUT2D eigenvalue weighted by Gasteiger charge is -2.13. The number of nitrogens with zero attached hydrogens (tertiary/aromatic N) is 2. The molecule has 0 aliphatic heterocycles. The number of rotatable bonds is 2. The van der Waals surface area contributed by atoms with Crippen LogP contribution in [0.3, 0.4) is 0 Å². The highest BCUT2D eigenvalue weighted by Gasteiger charge is 2.28. The van der Waals surface area contributed by atoms with Gasteiger partial charge in [0.05, 0.1) is 28.9 Å². The predicted molar refractivity (Wildman–Crippen MR) is 89.2 cm³/mol. The fraction of sp³-hybridized carbons (Fsp3) is 0.375. The third-order valence-electron chi connectivity index (χ3n) is 4.56. The summed E-state index contributed by atoms with van der Waals surface area (Å²) in [7, 11) is 1.74. The molecule has 4 rings (SSSR count). The first-order valence-electron chi connectivity index (χ1n) is 7.38. The van der Waals surface area contributed by atoms with Gasteiger partial charge in [-0.05, 0) is 37.5 Å². The average molecular weight is 362 g/mol. The van der Waals surface area contributed by atoms with Crippen LogP contribution in [0.25, 0.3) is 21.9 Å². The highest BCUT2D eigenvalue weighted by Crippen LogP contribution is 2.34. The molecule has 1 N–H and O–H groups in total. The second-order valence-electron chi connectivity index (χ2n) is 5.81. The van der Waals surface area contributed by atoms with Gasteiger partial charge in [-0.2, -0.15) is 0 Å². The Morgan fingerprint density at radius 3 is 3.05 bits per heavy atom. The van der Waals surface area contributed by atoms with Crippen molar-refractivity contribution >= 4 is 37.9 Å². The second kappa shape index (κ2) is 5.21. The largest absolute Gasteiger partial charge is 0.381 e. The van der Waals surface area contributed by atoms with Crippen molar-refractivity contribution < 1.29 is 4.74 Å². The number of fused-ring (bicyclic) bond motifs is 3. The molecule has 2 heterocycles. The number of hydrogen-bond donors (Lipinski definition) is 1. The molecule has 1 aromatic carbocycles.